The molecule has 3 heterocycles. The first-order valence-corrected chi connectivity index (χ1v) is 10.5. The lowest BCUT2D eigenvalue weighted by Gasteiger charge is -2.26. The van der Waals surface area contributed by atoms with Gasteiger partial charge in [-0.1, -0.05) is 12.1 Å². The van der Waals surface area contributed by atoms with E-state index in [2.05, 4.69) is 10.3 Å². The quantitative estimate of drug-likeness (QED) is 0.477. The van der Waals surface area contributed by atoms with Gasteiger partial charge in [0, 0.05) is 29.8 Å². The number of anilines is 1. The smallest absolute Gasteiger partial charge is 0.254 e. The summed E-state index contributed by atoms with van der Waals surface area (Å²) >= 11 is 0. The molecule has 0 spiro atoms. The van der Waals surface area contributed by atoms with Crippen LogP contribution in [0.2, 0.25) is 0 Å². The van der Waals surface area contributed by atoms with E-state index < -0.39 is 0 Å². The predicted molar refractivity (Wildman–Crippen MR) is 120 cm³/mol. The fraction of sp³-hybridized carbons (Fsp3) is 0.167. The molecule has 1 aliphatic rings. The maximum Gasteiger partial charge on any atom is 0.254 e. The molecule has 4 aromatic rings. The van der Waals surface area contributed by atoms with Crippen LogP contribution in [-0.4, -0.2) is 58.1 Å². The van der Waals surface area contributed by atoms with Crippen molar-refractivity contribution in [1.82, 2.24) is 19.5 Å². The number of nitrogens with one attached hydrogen (secondary N) is 1. The zero-order chi connectivity index (χ0) is 22.8. The van der Waals surface area contributed by atoms with Crippen molar-refractivity contribution in [2.45, 2.75) is 0 Å². The van der Waals surface area contributed by atoms with E-state index in [1.807, 2.05) is 12.1 Å². The number of amides is 2. The number of hydrogen-bond acceptors (Lipinski definition) is 5. The van der Waals surface area contributed by atoms with E-state index in [4.69, 9.17) is 9.84 Å². The van der Waals surface area contributed by atoms with Crippen LogP contribution in [0, 0.1) is 5.82 Å². The molecule has 1 saturated heterocycles. The average molecular weight is 445 g/mol. The Kier molecular flexibility index (Phi) is 5.54. The Hall–Kier alpha value is -4.11. The van der Waals surface area contributed by atoms with E-state index in [0.29, 0.717) is 61.0 Å². The molecule has 2 aromatic heterocycles. The van der Waals surface area contributed by atoms with Gasteiger partial charge in [-0.3, -0.25) is 9.59 Å². The maximum absolute atomic E-state index is 13.4. The van der Waals surface area contributed by atoms with Gasteiger partial charge < -0.3 is 15.0 Å². The lowest BCUT2D eigenvalue weighted by atomic mass is 10.1. The van der Waals surface area contributed by atoms with Gasteiger partial charge in [0.1, 0.15) is 5.82 Å². The molecular formula is C24H20FN5O3. The molecule has 1 aliphatic heterocycles. The van der Waals surface area contributed by atoms with Gasteiger partial charge in [0.25, 0.3) is 5.91 Å². The van der Waals surface area contributed by atoms with Crippen LogP contribution in [0.1, 0.15) is 10.4 Å². The number of fused-ring (bicyclic) bond motifs is 1. The second-order valence-electron chi connectivity index (χ2n) is 7.57. The van der Waals surface area contributed by atoms with E-state index in [1.165, 1.54) is 12.1 Å². The molecule has 0 saturated carbocycles. The van der Waals surface area contributed by atoms with Crippen LogP contribution in [0.25, 0.3) is 28.2 Å². The van der Waals surface area contributed by atoms with E-state index in [0.717, 1.165) is 11.1 Å². The third-order valence-corrected chi connectivity index (χ3v) is 5.55. The number of hydrogen-bond donors (Lipinski definition) is 1. The highest BCUT2D eigenvalue weighted by Gasteiger charge is 2.19. The SMILES string of the molecule is O=CNc1cc(-c2ccc(C(=O)N3CCOCC3)cc2)nn2c(-c3ccc(F)cc3)cnc12. The standard InChI is InChI=1S/C24H20FN5O3/c25-19-7-5-17(6-8-19)22-14-26-23-21(27-15-31)13-20(28-30(22)23)16-1-3-18(4-2-16)24(32)29-9-11-33-12-10-29/h1-8,13-15H,9-12H2,(H,27,31). The molecule has 8 nitrogen and oxygen atoms in total. The zero-order valence-corrected chi connectivity index (χ0v) is 17.6. The number of ether oxygens (including phenoxy) is 1. The number of carbonyl (C=O) groups is 2. The first kappa shape index (κ1) is 20.8. The summed E-state index contributed by atoms with van der Waals surface area (Å²) in [5.41, 5.74) is 4.27. The molecule has 0 aliphatic carbocycles. The van der Waals surface area contributed by atoms with Crippen LogP contribution in [0.15, 0.2) is 60.8 Å². The molecule has 2 amide bonds. The molecule has 1 fully saturated rings. The highest BCUT2D eigenvalue weighted by atomic mass is 19.1. The van der Waals surface area contributed by atoms with Crippen molar-refractivity contribution in [3.8, 4) is 22.5 Å². The van der Waals surface area contributed by atoms with Crippen molar-refractivity contribution >= 4 is 23.7 Å². The van der Waals surface area contributed by atoms with E-state index in [1.54, 1.807) is 45.9 Å². The van der Waals surface area contributed by atoms with Crippen molar-refractivity contribution in [2.75, 3.05) is 31.6 Å². The van der Waals surface area contributed by atoms with Gasteiger partial charge in [-0.05, 0) is 42.5 Å². The molecule has 2 aromatic carbocycles. The van der Waals surface area contributed by atoms with Crippen LogP contribution in [-0.2, 0) is 9.53 Å². The molecular weight excluding hydrogens is 425 g/mol. The van der Waals surface area contributed by atoms with Crippen molar-refractivity contribution in [3.05, 3.63) is 72.2 Å². The summed E-state index contributed by atoms with van der Waals surface area (Å²) in [7, 11) is 0. The Morgan fingerprint density at radius 3 is 2.42 bits per heavy atom. The molecule has 1 N–H and O–H groups in total. The van der Waals surface area contributed by atoms with Gasteiger partial charge in [0.05, 0.1) is 36.5 Å². The van der Waals surface area contributed by atoms with Crippen LogP contribution >= 0.6 is 0 Å². The van der Waals surface area contributed by atoms with Gasteiger partial charge in [-0.2, -0.15) is 5.10 Å². The van der Waals surface area contributed by atoms with Crippen LogP contribution in [0.4, 0.5) is 10.1 Å². The Bertz CT molecular complexity index is 1310. The molecule has 166 valence electrons. The minimum Gasteiger partial charge on any atom is -0.378 e. The molecule has 0 bridgehead atoms. The molecule has 0 atom stereocenters. The minimum absolute atomic E-state index is 0.0372. The van der Waals surface area contributed by atoms with Gasteiger partial charge in [-0.25, -0.2) is 13.9 Å². The first-order valence-electron chi connectivity index (χ1n) is 10.5. The number of carbonyl (C=O) groups excluding carboxylic acids is 2. The number of morpholine rings is 1. The third-order valence-electron chi connectivity index (χ3n) is 5.55. The maximum atomic E-state index is 13.4. The van der Waals surface area contributed by atoms with Crippen molar-refractivity contribution in [3.63, 3.8) is 0 Å². The topological polar surface area (TPSA) is 88.8 Å². The summed E-state index contributed by atoms with van der Waals surface area (Å²) in [6.45, 7) is 2.24. The highest BCUT2D eigenvalue weighted by molar-refractivity contribution is 5.95. The Balaban J connectivity index is 1.53. The monoisotopic (exact) mass is 445 g/mol. The molecule has 0 radical (unpaired) electrons. The highest BCUT2D eigenvalue weighted by Crippen LogP contribution is 2.28. The average Bonchev–Trinajstić information content (AvgIpc) is 3.29. The van der Waals surface area contributed by atoms with E-state index >= 15 is 0 Å². The summed E-state index contributed by atoms with van der Waals surface area (Å²) in [6.07, 6.45) is 2.20. The predicted octanol–water partition coefficient (Wildman–Crippen LogP) is 3.24. The van der Waals surface area contributed by atoms with Crippen molar-refractivity contribution < 1.29 is 18.7 Å². The van der Waals surface area contributed by atoms with E-state index in [-0.39, 0.29) is 11.7 Å². The Labute approximate surface area is 188 Å². The number of nitrogens with zero attached hydrogens (tertiary/aromatic N) is 4. The van der Waals surface area contributed by atoms with Crippen LogP contribution in [0.5, 0.6) is 0 Å². The van der Waals surface area contributed by atoms with Gasteiger partial charge in [0.2, 0.25) is 6.41 Å². The fourth-order valence-corrected chi connectivity index (χ4v) is 3.83. The molecule has 5 rings (SSSR count). The molecule has 33 heavy (non-hydrogen) atoms. The zero-order valence-electron chi connectivity index (χ0n) is 17.6. The molecule has 9 heteroatoms. The number of benzene rings is 2. The van der Waals surface area contributed by atoms with Crippen molar-refractivity contribution in [2.24, 2.45) is 0 Å². The van der Waals surface area contributed by atoms with Gasteiger partial charge >= 0.3 is 0 Å². The second kappa shape index (κ2) is 8.79. The van der Waals surface area contributed by atoms with Crippen LogP contribution in [0.3, 0.4) is 0 Å². The second-order valence-corrected chi connectivity index (χ2v) is 7.57. The third kappa shape index (κ3) is 4.06. The minimum atomic E-state index is -0.337. The number of imidazole rings is 1. The summed E-state index contributed by atoms with van der Waals surface area (Å²) in [6, 6.07) is 14.9. The number of aromatic nitrogens is 3. The number of rotatable bonds is 5. The van der Waals surface area contributed by atoms with Crippen molar-refractivity contribution in [1.29, 1.82) is 0 Å². The summed E-state index contributed by atoms with van der Waals surface area (Å²) in [5, 5.41) is 7.37. The summed E-state index contributed by atoms with van der Waals surface area (Å²) < 4.78 is 20.3. The lowest BCUT2D eigenvalue weighted by Crippen LogP contribution is -2.40. The summed E-state index contributed by atoms with van der Waals surface area (Å²) in [5.74, 6) is -0.374. The van der Waals surface area contributed by atoms with Crippen LogP contribution < -0.4 is 5.32 Å². The normalized spacial score (nSPS) is 13.8. The first-order chi connectivity index (χ1) is 16.1. The molecule has 0 unspecified atom stereocenters. The Morgan fingerprint density at radius 1 is 1.03 bits per heavy atom. The van der Waals surface area contributed by atoms with E-state index in [9.17, 15) is 14.0 Å². The fourth-order valence-electron chi connectivity index (χ4n) is 3.83. The largest absolute Gasteiger partial charge is 0.378 e. The lowest BCUT2D eigenvalue weighted by molar-refractivity contribution is -0.105. The van der Waals surface area contributed by atoms with Gasteiger partial charge in [-0.15, -0.1) is 0 Å². The Morgan fingerprint density at radius 2 is 1.73 bits per heavy atom. The van der Waals surface area contributed by atoms with Gasteiger partial charge in [0.15, 0.2) is 5.65 Å². The number of halogens is 1. The summed E-state index contributed by atoms with van der Waals surface area (Å²) in [4.78, 5) is 30.1.